The second-order valence-electron chi connectivity index (χ2n) is 11.4. The van der Waals surface area contributed by atoms with Crippen LogP contribution in [0.15, 0.2) is 48.7 Å². The fourth-order valence-electron chi connectivity index (χ4n) is 7.65. The van der Waals surface area contributed by atoms with E-state index in [0.717, 1.165) is 43.4 Å². The number of carbonyl (C=O) groups is 1. The fraction of sp³-hybridized carbons (Fsp3) is 0.483. The first-order valence-corrected chi connectivity index (χ1v) is 13.3. The van der Waals surface area contributed by atoms with Gasteiger partial charge in [0.1, 0.15) is 17.3 Å². The summed E-state index contributed by atoms with van der Waals surface area (Å²) >= 11 is 0. The molecule has 0 radical (unpaired) electrons. The van der Waals surface area contributed by atoms with E-state index >= 15 is 0 Å². The van der Waals surface area contributed by atoms with Crippen molar-refractivity contribution in [3.63, 3.8) is 0 Å². The second kappa shape index (κ2) is 9.22. The van der Waals surface area contributed by atoms with Crippen LogP contribution < -0.4 is 15.7 Å². The van der Waals surface area contributed by atoms with Gasteiger partial charge in [-0.15, -0.1) is 18.7 Å². The number of fused-ring (bicyclic) bond motifs is 5. The number of carbonyl (C=O) groups excluding carboxylic acids is 1. The van der Waals surface area contributed by atoms with Crippen LogP contribution in [0.3, 0.4) is 0 Å². The summed E-state index contributed by atoms with van der Waals surface area (Å²) in [5, 5.41) is 11.9. The second-order valence-corrected chi connectivity index (χ2v) is 11.4. The molecule has 6 nitrogen and oxygen atoms in total. The molecular formula is C29H32F3N3O3. The third kappa shape index (κ3) is 4.51. The largest absolute Gasteiger partial charge is 0.573 e. The monoisotopic (exact) mass is 527 g/mol. The van der Waals surface area contributed by atoms with Crippen molar-refractivity contribution in [3.8, 4) is 11.5 Å². The van der Waals surface area contributed by atoms with Crippen LogP contribution in [0.1, 0.15) is 61.6 Å². The topological polar surface area (TPSA) is 73.8 Å². The number of Topliss-reactive ketones (excluding diaryl/α,β-unsaturated/α-hetero) is 1. The van der Waals surface area contributed by atoms with Crippen molar-refractivity contribution in [2.75, 3.05) is 6.54 Å². The normalized spacial score (nSPS) is 30.3. The zero-order valence-corrected chi connectivity index (χ0v) is 21.2. The van der Waals surface area contributed by atoms with Crippen LogP contribution in [-0.4, -0.2) is 28.8 Å². The van der Waals surface area contributed by atoms with Gasteiger partial charge >= 0.3 is 6.36 Å². The summed E-state index contributed by atoms with van der Waals surface area (Å²) in [5.41, 5.74) is 10.0. The van der Waals surface area contributed by atoms with Crippen molar-refractivity contribution < 1.29 is 27.8 Å². The van der Waals surface area contributed by atoms with E-state index in [1.165, 1.54) is 23.3 Å². The van der Waals surface area contributed by atoms with Crippen LogP contribution in [0.25, 0.3) is 5.70 Å². The molecular weight excluding hydrogens is 495 g/mol. The van der Waals surface area contributed by atoms with Crippen LogP contribution >= 0.6 is 0 Å². The molecule has 202 valence electrons. The molecule has 3 aliphatic carbocycles. The van der Waals surface area contributed by atoms with Gasteiger partial charge in [0.25, 0.3) is 0 Å². The molecule has 6 rings (SSSR count). The quantitative estimate of drug-likeness (QED) is 0.466. The molecule has 0 unspecified atom stereocenters. The SMILES string of the molecule is C[C@]12CC[C@@H]3c4ccc(O)cc4CC[C@H]3[C@@H]1[C@H](CCN1C=C(c3ccc(OC(F)(F)F)cc3)NN1)CC2=O. The van der Waals surface area contributed by atoms with Gasteiger partial charge in [-0.1, -0.05) is 13.0 Å². The first-order valence-electron chi connectivity index (χ1n) is 13.3. The molecule has 9 heteroatoms. The average Bonchev–Trinajstić information content (AvgIpc) is 3.44. The molecule has 0 bridgehead atoms. The number of hydrazine groups is 2. The zero-order valence-electron chi connectivity index (χ0n) is 21.2. The Labute approximate surface area is 219 Å². The lowest BCUT2D eigenvalue weighted by atomic mass is 9.54. The smallest absolute Gasteiger partial charge is 0.508 e. The minimum absolute atomic E-state index is 0.258. The lowest BCUT2D eigenvalue weighted by Crippen LogP contribution is -2.45. The van der Waals surface area contributed by atoms with Crippen molar-refractivity contribution in [2.24, 2.45) is 23.2 Å². The Hall–Kier alpha value is -3.20. The third-order valence-electron chi connectivity index (χ3n) is 9.31. The molecule has 4 aliphatic rings. The Bertz CT molecular complexity index is 1260. The van der Waals surface area contributed by atoms with E-state index in [9.17, 15) is 23.1 Å². The number of benzene rings is 2. The summed E-state index contributed by atoms with van der Waals surface area (Å²) in [5.74, 6) is 2.01. The van der Waals surface area contributed by atoms with Gasteiger partial charge in [0.15, 0.2) is 0 Å². The number of alkyl halides is 3. The lowest BCUT2D eigenvalue weighted by Gasteiger charge is -2.50. The highest BCUT2D eigenvalue weighted by Gasteiger charge is 2.58. The highest BCUT2D eigenvalue weighted by atomic mass is 19.4. The molecule has 2 saturated carbocycles. The van der Waals surface area contributed by atoms with Crippen molar-refractivity contribution in [1.82, 2.24) is 16.0 Å². The summed E-state index contributed by atoms with van der Waals surface area (Å²) in [6.07, 6.45) is 2.59. The molecule has 5 atom stereocenters. The minimum atomic E-state index is -4.72. The van der Waals surface area contributed by atoms with Crippen LogP contribution in [0.4, 0.5) is 13.2 Å². The Morgan fingerprint density at radius 2 is 1.95 bits per heavy atom. The number of ether oxygens (including phenoxy) is 1. The number of nitrogens with one attached hydrogen (secondary N) is 2. The lowest BCUT2D eigenvalue weighted by molar-refractivity contribution is -0.274. The van der Waals surface area contributed by atoms with Crippen molar-refractivity contribution in [3.05, 3.63) is 65.4 Å². The van der Waals surface area contributed by atoms with E-state index in [2.05, 4.69) is 28.7 Å². The first kappa shape index (κ1) is 25.1. The maximum Gasteiger partial charge on any atom is 0.573 e. The minimum Gasteiger partial charge on any atom is -0.508 e. The molecule has 38 heavy (non-hydrogen) atoms. The van der Waals surface area contributed by atoms with Gasteiger partial charge in [0.05, 0.1) is 5.70 Å². The Morgan fingerprint density at radius 1 is 1.16 bits per heavy atom. The standard InChI is InChI=1S/C29H32F3N3O3/c1-28-12-10-23-22-9-5-20(36)14-18(22)4-8-24(23)27(28)19(15-26(28)37)11-13-35-16-25(33-34-35)17-2-6-21(7-3-17)38-29(30,31)32/h2-3,5-7,9,14,16,19,23-24,27,33-34,36H,4,8,10-13,15H2,1H3/t19-,23-,24-,27+,28-/m1/s1. The number of hydrogen-bond acceptors (Lipinski definition) is 6. The number of nitrogens with zero attached hydrogens (tertiary/aromatic N) is 1. The van der Waals surface area contributed by atoms with Crippen LogP contribution in [0, 0.1) is 23.2 Å². The molecule has 0 saturated heterocycles. The summed E-state index contributed by atoms with van der Waals surface area (Å²) < 4.78 is 41.3. The maximum absolute atomic E-state index is 13.3. The van der Waals surface area contributed by atoms with Crippen LogP contribution in [-0.2, 0) is 11.2 Å². The molecule has 1 aliphatic heterocycles. The van der Waals surface area contributed by atoms with Gasteiger partial charge in [0.2, 0.25) is 0 Å². The number of halogens is 3. The highest BCUT2D eigenvalue weighted by Crippen LogP contribution is 2.62. The van der Waals surface area contributed by atoms with E-state index in [4.69, 9.17) is 0 Å². The van der Waals surface area contributed by atoms with E-state index in [-0.39, 0.29) is 11.2 Å². The van der Waals surface area contributed by atoms with Crippen molar-refractivity contribution in [2.45, 2.75) is 57.7 Å². The predicted octanol–water partition coefficient (Wildman–Crippen LogP) is 5.66. The van der Waals surface area contributed by atoms with E-state index < -0.39 is 6.36 Å². The van der Waals surface area contributed by atoms with Crippen molar-refractivity contribution in [1.29, 1.82) is 0 Å². The molecule has 3 N–H and O–H groups in total. The molecule has 0 amide bonds. The van der Waals surface area contributed by atoms with Gasteiger partial charge in [-0.25, -0.2) is 0 Å². The van der Waals surface area contributed by atoms with Gasteiger partial charge < -0.3 is 15.3 Å². The van der Waals surface area contributed by atoms with Crippen LogP contribution in [0.2, 0.25) is 0 Å². The van der Waals surface area contributed by atoms with Gasteiger partial charge in [-0.05, 0) is 103 Å². The maximum atomic E-state index is 13.3. The number of rotatable bonds is 5. The molecule has 2 aromatic rings. The summed E-state index contributed by atoms with van der Waals surface area (Å²) in [4.78, 5) is 13.3. The van der Waals surface area contributed by atoms with Crippen LogP contribution in [0.5, 0.6) is 11.5 Å². The number of hydrogen-bond donors (Lipinski definition) is 3. The Balaban J connectivity index is 1.14. The van der Waals surface area contributed by atoms with E-state index in [0.29, 0.717) is 48.2 Å². The van der Waals surface area contributed by atoms with Gasteiger partial charge in [0, 0.05) is 30.1 Å². The molecule has 2 aromatic carbocycles. The van der Waals surface area contributed by atoms with Crippen molar-refractivity contribution >= 4 is 11.5 Å². The Morgan fingerprint density at radius 3 is 2.71 bits per heavy atom. The molecule has 0 aromatic heterocycles. The highest BCUT2D eigenvalue weighted by molar-refractivity contribution is 5.87. The number of phenolic OH excluding ortho intramolecular Hbond substituents is 1. The molecule has 1 heterocycles. The summed E-state index contributed by atoms with van der Waals surface area (Å²) in [7, 11) is 0. The summed E-state index contributed by atoms with van der Waals surface area (Å²) in [6.45, 7) is 2.89. The van der Waals surface area contributed by atoms with Gasteiger partial charge in [-0.3, -0.25) is 9.80 Å². The average molecular weight is 528 g/mol. The third-order valence-corrected chi connectivity index (χ3v) is 9.31. The molecule has 2 fully saturated rings. The van der Waals surface area contributed by atoms with E-state index in [1.807, 2.05) is 17.3 Å². The van der Waals surface area contributed by atoms with Gasteiger partial charge in [-0.2, -0.15) is 0 Å². The number of aryl methyl sites for hydroxylation is 1. The Kier molecular flexibility index (Phi) is 6.09. The number of ketones is 1. The number of phenols is 1. The first-order chi connectivity index (χ1) is 18.1. The summed E-state index contributed by atoms with van der Waals surface area (Å²) in [6, 6.07) is 11.5. The van der Waals surface area contributed by atoms with E-state index in [1.54, 1.807) is 18.2 Å². The zero-order chi connectivity index (χ0) is 26.7. The number of aromatic hydroxyl groups is 1. The predicted molar refractivity (Wildman–Crippen MR) is 135 cm³/mol. The molecule has 0 spiro atoms. The fourth-order valence-corrected chi connectivity index (χ4v) is 7.65.